The standard InChI is InChI=1S/C9H11N5S/c1-6-3-4-11-7(5-6)14-8(10)12-9(13-14)15-2/h3-5H,1-2H3,(H2,10,12,13). The number of aryl methyl sites for hydroxylation is 1. The van der Waals surface area contributed by atoms with Gasteiger partial charge in [0, 0.05) is 6.20 Å². The number of aromatic nitrogens is 4. The van der Waals surface area contributed by atoms with Crippen LogP contribution < -0.4 is 5.73 Å². The average molecular weight is 221 g/mol. The molecular formula is C9H11N5S. The summed E-state index contributed by atoms with van der Waals surface area (Å²) >= 11 is 1.45. The number of hydrogen-bond acceptors (Lipinski definition) is 5. The summed E-state index contributed by atoms with van der Waals surface area (Å²) in [5, 5.41) is 4.87. The number of thioether (sulfide) groups is 1. The number of nitrogens with two attached hydrogens (primary N) is 1. The molecule has 0 fully saturated rings. The molecule has 0 aliphatic rings. The molecule has 0 aliphatic heterocycles. The lowest BCUT2D eigenvalue weighted by atomic mass is 10.3. The summed E-state index contributed by atoms with van der Waals surface area (Å²) in [6, 6.07) is 3.83. The molecule has 2 aromatic heterocycles. The molecule has 0 amide bonds. The van der Waals surface area contributed by atoms with Gasteiger partial charge in [0.2, 0.25) is 11.1 Å². The van der Waals surface area contributed by atoms with Gasteiger partial charge in [-0.3, -0.25) is 0 Å². The maximum absolute atomic E-state index is 5.74. The number of nitrogen functional groups attached to an aromatic ring is 1. The van der Waals surface area contributed by atoms with Crippen LogP contribution >= 0.6 is 11.8 Å². The van der Waals surface area contributed by atoms with Gasteiger partial charge in [-0.05, 0) is 30.9 Å². The SMILES string of the molecule is CSc1nc(N)n(-c2cc(C)ccn2)n1. The zero-order valence-electron chi connectivity index (χ0n) is 8.51. The van der Waals surface area contributed by atoms with E-state index in [1.165, 1.54) is 11.8 Å². The van der Waals surface area contributed by atoms with Gasteiger partial charge < -0.3 is 5.73 Å². The topological polar surface area (TPSA) is 69.6 Å². The van der Waals surface area contributed by atoms with E-state index in [2.05, 4.69) is 15.1 Å². The fraction of sp³-hybridized carbons (Fsp3) is 0.222. The van der Waals surface area contributed by atoms with E-state index >= 15 is 0 Å². The van der Waals surface area contributed by atoms with E-state index in [9.17, 15) is 0 Å². The number of anilines is 1. The highest BCUT2D eigenvalue weighted by Gasteiger charge is 2.08. The van der Waals surface area contributed by atoms with Crippen LogP contribution in [0.15, 0.2) is 23.5 Å². The Balaban J connectivity index is 2.48. The number of rotatable bonds is 2. The molecular weight excluding hydrogens is 210 g/mol. The predicted molar refractivity (Wildman–Crippen MR) is 60.1 cm³/mol. The summed E-state index contributed by atoms with van der Waals surface area (Å²) in [6.45, 7) is 1.99. The summed E-state index contributed by atoms with van der Waals surface area (Å²) < 4.78 is 1.54. The molecule has 0 unspecified atom stereocenters. The van der Waals surface area contributed by atoms with E-state index in [1.807, 2.05) is 25.3 Å². The van der Waals surface area contributed by atoms with Crippen molar-refractivity contribution in [3.63, 3.8) is 0 Å². The van der Waals surface area contributed by atoms with Gasteiger partial charge in [0.1, 0.15) is 0 Å². The molecule has 0 saturated carbocycles. The van der Waals surface area contributed by atoms with Gasteiger partial charge in [0.15, 0.2) is 5.82 Å². The number of nitrogens with zero attached hydrogens (tertiary/aromatic N) is 4. The molecule has 0 atom stereocenters. The third-order valence-electron chi connectivity index (χ3n) is 1.91. The molecule has 5 nitrogen and oxygen atoms in total. The first-order chi connectivity index (χ1) is 7.20. The van der Waals surface area contributed by atoms with Gasteiger partial charge in [-0.15, -0.1) is 5.10 Å². The van der Waals surface area contributed by atoms with Crippen LogP contribution in [0.2, 0.25) is 0 Å². The first kappa shape index (κ1) is 9.97. The first-order valence-electron chi connectivity index (χ1n) is 4.40. The second-order valence-corrected chi connectivity index (χ2v) is 3.83. The minimum absolute atomic E-state index is 0.359. The summed E-state index contributed by atoms with van der Waals surface area (Å²) in [7, 11) is 0. The first-order valence-corrected chi connectivity index (χ1v) is 5.62. The van der Waals surface area contributed by atoms with Crippen LogP contribution in [0.25, 0.3) is 5.82 Å². The lowest BCUT2D eigenvalue weighted by molar-refractivity contribution is 0.815. The highest BCUT2D eigenvalue weighted by atomic mass is 32.2. The Morgan fingerprint density at radius 1 is 1.47 bits per heavy atom. The van der Waals surface area contributed by atoms with Crippen LogP contribution in [-0.2, 0) is 0 Å². The van der Waals surface area contributed by atoms with Crippen molar-refractivity contribution in [1.82, 2.24) is 19.7 Å². The molecule has 0 radical (unpaired) electrons. The van der Waals surface area contributed by atoms with Gasteiger partial charge in [0.05, 0.1) is 0 Å². The summed E-state index contributed by atoms with van der Waals surface area (Å²) in [4.78, 5) is 8.28. The third-order valence-corrected chi connectivity index (χ3v) is 2.45. The van der Waals surface area contributed by atoms with E-state index in [0.717, 1.165) is 5.56 Å². The van der Waals surface area contributed by atoms with Crippen molar-refractivity contribution in [2.45, 2.75) is 12.1 Å². The van der Waals surface area contributed by atoms with Crippen molar-refractivity contribution in [3.8, 4) is 5.82 Å². The Morgan fingerprint density at radius 2 is 2.27 bits per heavy atom. The van der Waals surface area contributed by atoms with Crippen LogP contribution in [0.3, 0.4) is 0 Å². The summed E-state index contributed by atoms with van der Waals surface area (Å²) in [5.41, 5.74) is 6.85. The van der Waals surface area contributed by atoms with Crippen molar-refractivity contribution in [2.75, 3.05) is 12.0 Å². The second kappa shape index (κ2) is 3.90. The van der Waals surface area contributed by atoms with Gasteiger partial charge >= 0.3 is 0 Å². The second-order valence-electron chi connectivity index (χ2n) is 3.06. The Kier molecular flexibility index (Phi) is 2.59. The number of pyridine rings is 1. The minimum atomic E-state index is 0.359. The zero-order chi connectivity index (χ0) is 10.8. The molecule has 0 aromatic carbocycles. The molecule has 78 valence electrons. The normalized spacial score (nSPS) is 10.5. The Bertz CT molecular complexity index is 479. The minimum Gasteiger partial charge on any atom is -0.368 e. The van der Waals surface area contributed by atoms with Gasteiger partial charge in [-0.25, -0.2) is 4.98 Å². The van der Waals surface area contributed by atoms with Gasteiger partial charge in [-0.2, -0.15) is 9.67 Å². The van der Waals surface area contributed by atoms with Crippen molar-refractivity contribution < 1.29 is 0 Å². The zero-order valence-corrected chi connectivity index (χ0v) is 9.32. The fourth-order valence-corrected chi connectivity index (χ4v) is 1.54. The molecule has 2 N–H and O–H groups in total. The maximum atomic E-state index is 5.74. The van der Waals surface area contributed by atoms with Crippen LogP contribution in [0.5, 0.6) is 0 Å². The Hall–Kier alpha value is -1.56. The van der Waals surface area contributed by atoms with E-state index < -0.39 is 0 Å². The molecule has 6 heteroatoms. The summed E-state index contributed by atoms with van der Waals surface area (Å²) in [6.07, 6.45) is 3.63. The van der Waals surface area contributed by atoms with E-state index in [-0.39, 0.29) is 0 Å². The Morgan fingerprint density at radius 3 is 2.87 bits per heavy atom. The van der Waals surface area contributed by atoms with Gasteiger partial charge in [0.25, 0.3) is 0 Å². The molecule has 0 saturated heterocycles. The summed E-state index contributed by atoms with van der Waals surface area (Å²) in [5.74, 6) is 1.05. The van der Waals surface area contributed by atoms with Crippen molar-refractivity contribution in [2.24, 2.45) is 0 Å². The number of hydrogen-bond donors (Lipinski definition) is 1. The molecule has 0 bridgehead atoms. The molecule has 2 aromatic rings. The van der Waals surface area contributed by atoms with Crippen LogP contribution in [0.1, 0.15) is 5.56 Å². The predicted octanol–water partition coefficient (Wildman–Crippen LogP) is 1.27. The third kappa shape index (κ3) is 1.94. The van der Waals surface area contributed by atoms with Gasteiger partial charge in [-0.1, -0.05) is 11.8 Å². The Labute approximate surface area is 91.7 Å². The highest BCUT2D eigenvalue weighted by molar-refractivity contribution is 7.98. The molecule has 0 aliphatic carbocycles. The average Bonchev–Trinajstić information content (AvgIpc) is 2.60. The van der Waals surface area contributed by atoms with Crippen molar-refractivity contribution >= 4 is 17.7 Å². The van der Waals surface area contributed by atoms with Crippen molar-refractivity contribution in [3.05, 3.63) is 23.9 Å². The van der Waals surface area contributed by atoms with E-state index in [0.29, 0.717) is 16.9 Å². The van der Waals surface area contributed by atoms with Crippen LogP contribution in [0, 0.1) is 6.92 Å². The van der Waals surface area contributed by atoms with E-state index in [4.69, 9.17) is 5.73 Å². The van der Waals surface area contributed by atoms with Crippen LogP contribution in [0.4, 0.5) is 5.95 Å². The molecule has 0 spiro atoms. The molecule has 2 heterocycles. The quantitative estimate of drug-likeness (QED) is 0.773. The molecule has 2 rings (SSSR count). The smallest absolute Gasteiger partial charge is 0.225 e. The largest absolute Gasteiger partial charge is 0.368 e. The van der Waals surface area contributed by atoms with Crippen LogP contribution in [-0.4, -0.2) is 26.0 Å². The van der Waals surface area contributed by atoms with Crippen molar-refractivity contribution in [1.29, 1.82) is 0 Å². The molecule has 15 heavy (non-hydrogen) atoms. The lowest BCUT2D eigenvalue weighted by Gasteiger charge is -2.01. The maximum Gasteiger partial charge on any atom is 0.225 e. The van der Waals surface area contributed by atoms with E-state index in [1.54, 1.807) is 10.9 Å². The lowest BCUT2D eigenvalue weighted by Crippen LogP contribution is -2.04. The monoisotopic (exact) mass is 221 g/mol. The highest BCUT2D eigenvalue weighted by Crippen LogP contribution is 2.15. The fourth-order valence-electron chi connectivity index (χ4n) is 1.20.